The minimum Gasteiger partial charge on any atom is -0.395 e. The molecule has 4 nitrogen and oxygen atoms in total. The molecule has 0 aromatic carbocycles. The van der Waals surface area contributed by atoms with Crippen molar-refractivity contribution >= 4 is 0 Å². The molecule has 0 rings (SSSR count). The largest absolute Gasteiger partial charge is 0.395 e. The molecule has 0 heterocycles. The molecule has 0 aliphatic heterocycles. The normalized spacial score (nSPS) is 20.1. The van der Waals surface area contributed by atoms with Gasteiger partial charge in [-0.1, -0.05) is 20.3 Å². The van der Waals surface area contributed by atoms with E-state index in [2.05, 4.69) is 0 Å². The van der Waals surface area contributed by atoms with Crippen LogP contribution in [0.3, 0.4) is 0 Å². The van der Waals surface area contributed by atoms with Crippen molar-refractivity contribution in [1.29, 1.82) is 0 Å². The summed E-state index contributed by atoms with van der Waals surface area (Å²) in [7, 11) is 0. The lowest BCUT2D eigenvalue weighted by molar-refractivity contribution is 0.101. The van der Waals surface area contributed by atoms with E-state index in [1.165, 1.54) is 0 Å². The average molecular weight is 204 g/mol. The molecule has 0 amide bonds. The van der Waals surface area contributed by atoms with Gasteiger partial charge in [-0.2, -0.15) is 0 Å². The molecule has 0 aliphatic carbocycles. The predicted octanol–water partition coefficient (Wildman–Crippen LogP) is -0.179. The molecular formula is C10H24N2O2. The molecule has 0 aromatic heterocycles. The van der Waals surface area contributed by atoms with Crippen molar-refractivity contribution in [1.82, 2.24) is 0 Å². The summed E-state index contributed by atoms with van der Waals surface area (Å²) in [5, 5.41) is 18.5. The SMILES string of the molecule is CCCC(N)C(O)CC(C)C(N)CO. The van der Waals surface area contributed by atoms with E-state index in [0.29, 0.717) is 6.42 Å². The van der Waals surface area contributed by atoms with Crippen molar-refractivity contribution in [3.63, 3.8) is 0 Å². The molecule has 4 atom stereocenters. The van der Waals surface area contributed by atoms with Crippen LogP contribution in [-0.2, 0) is 0 Å². The van der Waals surface area contributed by atoms with Gasteiger partial charge in [-0.25, -0.2) is 0 Å². The number of rotatable bonds is 7. The Labute approximate surface area is 86.3 Å². The van der Waals surface area contributed by atoms with Crippen molar-refractivity contribution in [3.05, 3.63) is 0 Å². The first-order valence-corrected chi connectivity index (χ1v) is 5.33. The number of aliphatic hydroxyl groups is 2. The van der Waals surface area contributed by atoms with Crippen LogP contribution < -0.4 is 11.5 Å². The van der Waals surface area contributed by atoms with E-state index in [4.69, 9.17) is 16.6 Å². The first kappa shape index (κ1) is 13.8. The van der Waals surface area contributed by atoms with Crippen LogP contribution in [-0.4, -0.2) is 35.0 Å². The van der Waals surface area contributed by atoms with E-state index < -0.39 is 6.10 Å². The third-order valence-corrected chi connectivity index (χ3v) is 2.67. The minimum atomic E-state index is -0.512. The Kier molecular flexibility index (Phi) is 7.09. The Morgan fingerprint density at radius 3 is 2.21 bits per heavy atom. The Balaban J connectivity index is 3.85. The first-order valence-electron chi connectivity index (χ1n) is 5.33. The third-order valence-electron chi connectivity index (χ3n) is 2.67. The summed E-state index contributed by atoms with van der Waals surface area (Å²) in [6.07, 6.45) is 1.84. The molecule has 4 heteroatoms. The second-order valence-electron chi connectivity index (χ2n) is 4.08. The van der Waals surface area contributed by atoms with Crippen LogP contribution >= 0.6 is 0 Å². The van der Waals surface area contributed by atoms with Gasteiger partial charge < -0.3 is 21.7 Å². The summed E-state index contributed by atoms with van der Waals surface area (Å²) in [6, 6.07) is -0.438. The molecule has 0 bridgehead atoms. The Hall–Kier alpha value is -0.160. The summed E-state index contributed by atoms with van der Waals surface area (Å²) < 4.78 is 0. The lowest BCUT2D eigenvalue weighted by Crippen LogP contribution is -2.40. The van der Waals surface area contributed by atoms with E-state index >= 15 is 0 Å². The van der Waals surface area contributed by atoms with Crippen LogP contribution in [0.5, 0.6) is 0 Å². The number of hydrogen-bond donors (Lipinski definition) is 4. The van der Waals surface area contributed by atoms with Crippen molar-refractivity contribution in [3.8, 4) is 0 Å². The summed E-state index contributed by atoms with van der Waals surface area (Å²) in [5.41, 5.74) is 11.4. The third kappa shape index (κ3) is 4.91. The molecule has 6 N–H and O–H groups in total. The maximum atomic E-state index is 9.70. The fraction of sp³-hybridized carbons (Fsp3) is 1.00. The maximum absolute atomic E-state index is 9.70. The highest BCUT2D eigenvalue weighted by Crippen LogP contribution is 2.13. The van der Waals surface area contributed by atoms with Crippen LogP contribution in [0.4, 0.5) is 0 Å². The molecule has 0 saturated heterocycles. The van der Waals surface area contributed by atoms with Gasteiger partial charge >= 0.3 is 0 Å². The van der Waals surface area contributed by atoms with Crippen molar-refractivity contribution in [2.24, 2.45) is 17.4 Å². The second kappa shape index (κ2) is 7.17. The van der Waals surface area contributed by atoms with E-state index in [1.807, 2.05) is 13.8 Å². The number of aliphatic hydroxyl groups excluding tert-OH is 2. The van der Waals surface area contributed by atoms with Gasteiger partial charge in [0.1, 0.15) is 0 Å². The van der Waals surface area contributed by atoms with Crippen molar-refractivity contribution in [2.75, 3.05) is 6.61 Å². The zero-order chi connectivity index (χ0) is 11.1. The van der Waals surface area contributed by atoms with Crippen LogP contribution in [0.2, 0.25) is 0 Å². The summed E-state index contributed by atoms with van der Waals surface area (Å²) >= 11 is 0. The first-order chi connectivity index (χ1) is 6.52. The molecule has 14 heavy (non-hydrogen) atoms. The Bertz CT molecular complexity index is 144. The van der Waals surface area contributed by atoms with Crippen LogP contribution in [0.15, 0.2) is 0 Å². The second-order valence-corrected chi connectivity index (χ2v) is 4.08. The molecular weight excluding hydrogens is 180 g/mol. The zero-order valence-electron chi connectivity index (χ0n) is 9.19. The predicted molar refractivity (Wildman–Crippen MR) is 57.7 cm³/mol. The molecule has 0 spiro atoms. The lowest BCUT2D eigenvalue weighted by Gasteiger charge is -2.24. The maximum Gasteiger partial charge on any atom is 0.0694 e. The van der Waals surface area contributed by atoms with Gasteiger partial charge in [0, 0.05) is 12.1 Å². The molecule has 0 aliphatic rings. The minimum absolute atomic E-state index is 0.0447. The zero-order valence-corrected chi connectivity index (χ0v) is 9.19. The number of nitrogens with two attached hydrogens (primary N) is 2. The average Bonchev–Trinajstić information content (AvgIpc) is 2.16. The smallest absolute Gasteiger partial charge is 0.0694 e. The highest BCUT2D eigenvalue weighted by molar-refractivity contribution is 4.77. The van der Waals surface area contributed by atoms with Gasteiger partial charge in [0.15, 0.2) is 0 Å². The fourth-order valence-corrected chi connectivity index (χ4v) is 1.44. The summed E-state index contributed by atoms with van der Waals surface area (Å²) in [6.45, 7) is 3.91. The van der Waals surface area contributed by atoms with Crippen LogP contribution in [0.1, 0.15) is 33.1 Å². The van der Waals surface area contributed by atoms with E-state index in [1.54, 1.807) is 0 Å². The topological polar surface area (TPSA) is 92.5 Å². The summed E-state index contributed by atoms with van der Waals surface area (Å²) in [4.78, 5) is 0. The quantitative estimate of drug-likeness (QED) is 0.463. The standard InChI is InChI=1S/C10H24N2O2/c1-3-4-8(11)10(14)5-7(2)9(12)6-13/h7-10,13-14H,3-6,11-12H2,1-2H3. The van der Waals surface area contributed by atoms with Crippen LogP contribution in [0, 0.1) is 5.92 Å². The van der Waals surface area contributed by atoms with Crippen LogP contribution in [0.25, 0.3) is 0 Å². The van der Waals surface area contributed by atoms with Gasteiger partial charge in [-0.05, 0) is 18.8 Å². The summed E-state index contributed by atoms with van der Waals surface area (Å²) in [5.74, 6) is 0.0953. The van der Waals surface area contributed by atoms with E-state index in [-0.39, 0.29) is 24.6 Å². The highest BCUT2D eigenvalue weighted by Gasteiger charge is 2.20. The fourth-order valence-electron chi connectivity index (χ4n) is 1.44. The van der Waals surface area contributed by atoms with Gasteiger partial charge in [0.05, 0.1) is 12.7 Å². The lowest BCUT2D eigenvalue weighted by atomic mass is 9.92. The molecule has 0 radical (unpaired) electrons. The molecule has 4 unspecified atom stereocenters. The molecule has 0 fully saturated rings. The molecule has 86 valence electrons. The highest BCUT2D eigenvalue weighted by atomic mass is 16.3. The van der Waals surface area contributed by atoms with Gasteiger partial charge in [-0.15, -0.1) is 0 Å². The molecule has 0 saturated carbocycles. The van der Waals surface area contributed by atoms with E-state index in [9.17, 15) is 5.11 Å². The van der Waals surface area contributed by atoms with E-state index in [0.717, 1.165) is 12.8 Å². The Morgan fingerprint density at radius 2 is 1.79 bits per heavy atom. The van der Waals surface area contributed by atoms with Crippen molar-refractivity contribution < 1.29 is 10.2 Å². The van der Waals surface area contributed by atoms with Gasteiger partial charge in [-0.3, -0.25) is 0 Å². The van der Waals surface area contributed by atoms with Gasteiger partial charge in [0.25, 0.3) is 0 Å². The monoisotopic (exact) mass is 204 g/mol. The van der Waals surface area contributed by atoms with Gasteiger partial charge in [0.2, 0.25) is 0 Å². The van der Waals surface area contributed by atoms with Crippen molar-refractivity contribution in [2.45, 2.75) is 51.3 Å². The molecule has 0 aromatic rings. The number of hydrogen-bond acceptors (Lipinski definition) is 4. The Morgan fingerprint density at radius 1 is 1.21 bits per heavy atom.